The van der Waals surface area contributed by atoms with E-state index in [1.807, 2.05) is 6.92 Å². The van der Waals surface area contributed by atoms with Gasteiger partial charge in [0.05, 0.1) is 0 Å². The third-order valence-electron chi connectivity index (χ3n) is 4.19. The van der Waals surface area contributed by atoms with Crippen LogP contribution in [0.1, 0.15) is 32.3 Å². The molecule has 1 unspecified atom stereocenters. The molecule has 0 saturated carbocycles. The minimum absolute atomic E-state index is 0. The van der Waals surface area contributed by atoms with Gasteiger partial charge in [0.2, 0.25) is 0 Å². The fraction of sp³-hybridized carbons (Fsp3) is 0.632. The molecule has 5 nitrogen and oxygen atoms in total. The van der Waals surface area contributed by atoms with E-state index in [2.05, 4.69) is 58.6 Å². The Bertz CT molecular complexity index is 507. The summed E-state index contributed by atoms with van der Waals surface area (Å²) in [4.78, 5) is 7.09. The van der Waals surface area contributed by atoms with Gasteiger partial charge >= 0.3 is 0 Å². The van der Waals surface area contributed by atoms with Crippen LogP contribution in [0.5, 0.6) is 0 Å². The number of aryl methyl sites for hydroxylation is 1. The topological polar surface area (TPSA) is 48.9 Å². The molecule has 1 aliphatic heterocycles. The van der Waals surface area contributed by atoms with E-state index < -0.39 is 0 Å². The number of guanidine groups is 1. The Morgan fingerprint density at radius 1 is 1.28 bits per heavy atom. The predicted octanol–water partition coefficient (Wildman–Crippen LogP) is 3.17. The number of rotatable bonds is 8. The Hall–Kier alpha value is -1.02. The summed E-state index contributed by atoms with van der Waals surface area (Å²) < 4.78 is 5.36. The van der Waals surface area contributed by atoms with Crippen LogP contribution in [-0.2, 0) is 4.74 Å². The van der Waals surface area contributed by atoms with Crippen molar-refractivity contribution in [1.82, 2.24) is 10.6 Å². The standard InChI is InChI=1S/C19H32N4O.HI/c1-4-20-19(21-12-6-14-24-5-2)22-17-11-13-23(15-17)18-9-7-16(3)8-10-18;/h7-10,17H,4-6,11-15H2,1-3H3,(H2,20,21,22);1H. The lowest BCUT2D eigenvalue weighted by atomic mass is 10.2. The van der Waals surface area contributed by atoms with Gasteiger partial charge in [0.25, 0.3) is 0 Å². The monoisotopic (exact) mass is 460 g/mol. The second kappa shape index (κ2) is 12.4. The van der Waals surface area contributed by atoms with E-state index in [1.54, 1.807) is 0 Å². The van der Waals surface area contributed by atoms with Crippen LogP contribution in [0.3, 0.4) is 0 Å². The van der Waals surface area contributed by atoms with Crippen LogP contribution in [0.25, 0.3) is 0 Å². The number of nitrogens with zero attached hydrogens (tertiary/aromatic N) is 2. The minimum atomic E-state index is 0. The van der Waals surface area contributed by atoms with Gasteiger partial charge in [-0.25, -0.2) is 0 Å². The average molecular weight is 460 g/mol. The molecule has 1 saturated heterocycles. The second-order valence-corrected chi connectivity index (χ2v) is 6.22. The highest BCUT2D eigenvalue weighted by Crippen LogP contribution is 2.20. The van der Waals surface area contributed by atoms with Gasteiger partial charge in [-0.15, -0.1) is 24.0 Å². The lowest BCUT2D eigenvalue weighted by Crippen LogP contribution is -2.44. The molecule has 0 spiro atoms. The van der Waals surface area contributed by atoms with Crippen LogP contribution in [0, 0.1) is 6.92 Å². The molecular formula is C19H33IN4O. The Balaban J connectivity index is 0.00000312. The van der Waals surface area contributed by atoms with E-state index in [1.165, 1.54) is 11.3 Å². The minimum Gasteiger partial charge on any atom is -0.382 e. The van der Waals surface area contributed by atoms with Gasteiger partial charge in [0, 0.05) is 51.1 Å². The highest BCUT2D eigenvalue weighted by molar-refractivity contribution is 14.0. The summed E-state index contributed by atoms with van der Waals surface area (Å²) in [6.07, 6.45) is 2.10. The number of anilines is 1. The Morgan fingerprint density at radius 3 is 2.72 bits per heavy atom. The molecule has 1 atom stereocenters. The van der Waals surface area contributed by atoms with Gasteiger partial charge in [-0.3, -0.25) is 4.99 Å². The van der Waals surface area contributed by atoms with Crippen LogP contribution >= 0.6 is 24.0 Å². The van der Waals surface area contributed by atoms with Crippen molar-refractivity contribution in [1.29, 1.82) is 0 Å². The molecule has 1 aliphatic rings. The smallest absolute Gasteiger partial charge is 0.191 e. The molecule has 25 heavy (non-hydrogen) atoms. The fourth-order valence-corrected chi connectivity index (χ4v) is 2.88. The van der Waals surface area contributed by atoms with Crippen LogP contribution < -0.4 is 15.5 Å². The molecular weight excluding hydrogens is 427 g/mol. The predicted molar refractivity (Wildman–Crippen MR) is 117 cm³/mol. The van der Waals surface area contributed by atoms with Gasteiger partial charge < -0.3 is 20.3 Å². The number of hydrogen-bond acceptors (Lipinski definition) is 3. The van der Waals surface area contributed by atoms with Crippen molar-refractivity contribution in [2.45, 2.75) is 39.7 Å². The normalized spacial score (nSPS) is 17.3. The zero-order valence-corrected chi connectivity index (χ0v) is 18.1. The number of aliphatic imine (C=N–C) groups is 1. The summed E-state index contributed by atoms with van der Waals surface area (Å²) >= 11 is 0. The first-order valence-electron chi connectivity index (χ1n) is 9.17. The highest BCUT2D eigenvalue weighted by atomic mass is 127. The first-order chi connectivity index (χ1) is 11.7. The first-order valence-corrected chi connectivity index (χ1v) is 9.17. The summed E-state index contributed by atoms with van der Waals surface area (Å²) in [6.45, 7) is 11.6. The Kier molecular flexibility index (Phi) is 10.9. The quantitative estimate of drug-likeness (QED) is 0.271. The maximum Gasteiger partial charge on any atom is 0.191 e. The molecule has 2 N–H and O–H groups in total. The molecule has 0 aromatic heterocycles. The Morgan fingerprint density at radius 2 is 2.04 bits per heavy atom. The molecule has 0 amide bonds. The number of halogens is 1. The van der Waals surface area contributed by atoms with Gasteiger partial charge in [-0.2, -0.15) is 0 Å². The summed E-state index contributed by atoms with van der Waals surface area (Å²) in [5.74, 6) is 0.921. The van der Waals surface area contributed by atoms with Gasteiger partial charge in [0.1, 0.15) is 0 Å². The van der Waals surface area contributed by atoms with Gasteiger partial charge in [-0.05, 0) is 45.7 Å². The van der Waals surface area contributed by atoms with Crippen molar-refractivity contribution >= 4 is 35.6 Å². The zero-order chi connectivity index (χ0) is 17.2. The molecule has 0 aliphatic carbocycles. The first kappa shape index (κ1) is 22.0. The van der Waals surface area contributed by atoms with Crippen LogP contribution in [0.4, 0.5) is 5.69 Å². The third kappa shape index (κ3) is 7.81. The molecule has 1 heterocycles. The van der Waals surface area contributed by atoms with Crippen molar-refractivity contribution in [3.63, 3.8) is 0 Å². The summed E-state index contributed by atoms with van der Waals surface area (Å²) in [5.41, 5.74) is 2.62. The van der Waals surface area contributed by atoms with Crippen molar-refractivity contribution in [3.05, 3.63) is 29.8 Å². The maximum atomic E-state index is 5.36. The Labute approximate surface area is 169 Å². The number of benzene rings is 1. The average Bonchev–Trinajstić information content (AvgIpc) is 3.04. The second-order valence-electron chi connectivity index (χ2n) is 6.22. The molecule has 0 bridgehead atoms. The van der Waals surface area contributed by atoms with Crippen LogP contribution in [0.15, 0.2) is 29.3 Å². The lowest BCUT2D eigenvalue weighted by molar-refractivity contribution is 0.146. The van der Waals surface area contributed by atoms with Crippen molar-refractivity contribution in [2.24, 2.45) is 4.99 Å². The summed E-state index contributed by atoms with van der Waals surface area (Å²) in [5, 5.41) is 6.92. The summed E-state index contributed by atoms with van der Waals surface area (Å²) in [6, 6.07) is 9.23. The number of nitrogens with one attached hydrogen (secondary N) is 2. The third-order valence-corrected chi connectivity index (χ3v) is 4.19. The van der Waals surface area contributed by atoms with E-state index in [9.17, 15) is 0 Å². The summed E-state index contributed by atoms with van der Waals surface area (Å²) in [7, 11) is 0. The zero-order valence-electron chi connectivity index (χ0n) is 15.8. The molecule has 142 valence electrons. The molecule has 1 aromatic rings. The van der Waals surface area contributed by atoms with E-state index in [-0.39, 0.29) is 24.0 Å². The van der Waals surface area contributed by atoms with Gasteiger partial charge in [-0.1, -0.05) is 17.7 Å². The fourth-order valence-electron chi connectivity index (χ4n) is 2.88. The molecule has 6 heteroatoms. The maximum absolute atomic E-state index is 5.36. The highest BCUT2D eigenvalue weighted by Gasteiger charge is 2.23. The van der Waals surface area contributed by atoms with Crippen LogP contribution in [0.2, 0.25) is 0 Å². The van der Waals surface area contributed by atoms with E-state index in [0.717, 1.165) is 58.2 Å². The number of ether oxygens (including phenoxy) is 1. The van der Waals surface area contributed by atoms with Crippen LogP contribution in [-0.4, -0.2) is 51.4 Å². The van der Waals surface area contributed by atoms with E-state index in [4.69, 9.17) is 4.74 Å². The van der Waals surface area contributed by atoms with Crippen molar-refractivity contribution in [2.75, 3.05) is 44.3 Å². The lowest BCUT2D eigenvalue weighted by Gasteiger charge is -2.20. The van der Waals surface area contributed by atoms with E-state index >= 15 is 0 Å². The van der Waals surface area contributed by atoms with E-state index in [0.29, 0.717) is 6.04 Å². The van der Waals surface area contributed by atoms with Crippen molar-refractivity contribution in [3.8, 4) is 0 Å². The number of hydrogen-bond donors (Lipinski definition) is 2. The molecule has 1 aromatic carbocycles. The van der Waals surface area contributed by atoms with Gasteiger partial charge in [0.15, 0.2) is 5.96 Å². The van der Waals surface area contributed by atoms with Crippen molar-refractivity contribution < 1.29 is 4.74 Å². The molecule has 0 radical (unpaired) electrons. The largest absolute Gasteiger partial charge is 0.382 e. The molecule has 2 rings (SSSR count). The molecule has 1 fully saturated rings. The SMILES string of the molecule is CCNC(=NCCCOCC)NC1CCN(c2ccc(C)cc2)C1.I.